The number of carbonyl (C=O) groups is 2. The second-order valence-electron chi connectivity index (χ2n) is 4.79. The number of rotatable bonds is 6. The fourth-order valence-corrected chi connectivity index (χ4v) is 1.92. The summed E-state index contributed by atoms with van der Waals surface area (Å²) in [4.78, 5) is 22.2. The molecular weight excluding hydrogens is 256 g/mol. The van der Waals surface area contributed by atoms with Gasteiger partial charge in [0, 0.05) is 12.0 Å². The molecular formula is C16H18O4. The summed E-state index contributed by atoms with van der Waals surface area (Å²) in [6.07, 6.45) is 0.742. The van der Waals surface area contributed by atoms with Crippen LogP contribution >= 0.6 is 0 Å². The predicted molar refractivity (Wildman–Crippen MR) is 76.6 cm³/mol. The molecule has 0 unspecified atom stereocenters. The SMILES string of the molecule is C=C(C)Cc1ccccc1C/C(C(=O)O)=C(/C)C(=O)O. The second kappa shape index (κ2) is 6.70. The van der Waals surface area contributed by atoms with Crippen molar-refractivity contribution in [1.29, 1.82) is 0 Å². The van der Waals surface area contributed by atoms with Crippen molar-refractivity contribution in [3.63, 3.8) is 0 Å². The predicted octanol–water partition coefficient (Wildman–Crippen LogP) is 2.83. The number of hydrogen-bond donors (Lipinski definition) is 2. The first-order valence-corrected chi connectivity index (χ1v) is 6.20. The van der Waals surface area contributed by atoms with Crippen molar-refractivity contribution in [2.75, 3.05) is 0 Å². The van der Waals surface area contributed by atoms with Crippen molar-refractivity contribution in [3.05, 3.63) is 58.7 Å². The Kier molecular flexibility index (Phi) is 5.26. The van der Waals surface area contributed by atoms with E-state index in [1.807, 2.05) is 31.2 Å². The zero-order chi connectivity index (χ0) is 15.3. The number of benzene rings is 1. The van der Waals surface area contributed by atoms with Gasteiger partial charge in [0.15, 0.2) is 0 Å². The molecule has 1 rings (SSSR count). The summed E-state index contributed by atoms with van der Waals surface area (Å²) >= 11 is 0. The highest BCUT2D eigenvalue weighted by Gasteiger charge is 2.18. The highest BCUT2D eigenvalue weighted by molar-refractivity contribution is 5.98. The molecule has 0 bridgehead atoms. The molecule has 4 heteroatoms. The maximum Gasteiger partial charge on any atom is 0.332 e. The number of hydrogen-bond acceptors (Lipinski definition) is 2. The molecule has 0 aliphatic carbocycles. The normalized spacial score (nSPS) is 11.7. The van der Waals surface area contributed by atoms with Gasteiger partial charge in [0.1, 0.15) is 0 Å². The molecule has 0 fully saturated rings. The maximum absolute atomic E-state index is 11.2. The molecule has 0 aliphatic heterocycles. The molecule has 0 atom stereocenters. The fourth-order valence-electron chi connectivity index (χ4n) is 1.92. The van der Waals surface area contributed by atoms with Gasteiger partial charge in [0.2, 0.25) is 0 Å². The van der Waals surface area contributed by atoms with Crippen LogP contribution in [-0.2, 0) is 22.4 Å². The van der Waals surface area contributed by atoms with Gasteiger partial charge in [-0.1, -0.05) is 36.4 Å². The van der Waals surface area contributed by atoms with Crippen molar-refractivity contribution in [1.82, 2.24) is 0 Å². The molecule has 20 heavy (non-hydrogen) atoms. The molecule has 4 nitrogen and oxygen atoms in total. The third-order valence-electron chi connectivity index (χ3n) is 3.01. The molecule has 0 spiro atoms. The zero-order valence-electron chi connectivity index (χ0n) is 11.6. The summed E-state index contributed by atoms with van der Waals surface area (Å²) in [6.45, 7) is 7.06. The average Bonchev–Trinajstić information content (AvgIpc) is 2.35. The minimum absolute atomic E-state index is 0.0911. The zero-order valence-corrected chi connectivity index (χ0v) is 11.6. The van der Waals surface area contributed by atoms with Gasteiger partial charge in [0.05, 0.1) is 5.57 Å². The first kappa shape index (κ1) is 15.7. The number of allylic oxidation sites excluding steroid dienone is 1. The van der Waals surface area contributed by atoms with Crippen molar-refractivity contribution in [2.24, 2.45) is 0 Å². The van der Waals surface area contributed by atoms with Crippen LogP contribution < -0.4 is 0 Å². The molecule has 0 saturated carbocycles. The van der Waals surface area contributed by atoms with Crippen LogP contribution in [0.5, 0.6) is 0 Å². The Labute approximate surface area is 118 Å². The van der Waals surface area contributed by atoms with E-state index >= 15 is 0 Å². The van der Waals surface area contributed by atoms with E-state index in [0.717, 1.165) is 16.7 Å². The molecule has 0 aromatic heterocycles. The summed E-state index contributed by atoms with van der Waals surface area (Å²) in [5.74, 6) is -2.41. The minimum Gasteiger partial charge on any atom is -0.478 e. The van der Waals surface area contributed by atoms with Gasteiger partial charge in [-0.05, 0) is 31.4 Å². The van der Waals surface area contributed by atoms with Gasteiger partial charge in [0.25, 0.3) is 0 Å². The van der Waals surface area contributed by atoms with E-state index in [1.54, 1.807) is 0 Å². The van der Waals surface area contributed by atoms with Crippen LogP contribution in [0.15, 0.2) is 47.6 Å². The van der Waals surface area contributed by atoms with Gasteiger partial charge in [-0.25, -0.2) is 9.59 Å². The molecule has 0 amide bonds. The van der Waals surface area contributed by atoms with Crippen molar-refractivity contribution in [3.8, 4) is 0 Å². The Morgan fingerprint density at radius 2 is 1.50 bits per heavy atom. The number of carboxylic acids is 2. The first-order valence-electron chi connectivity index (χ1n) is 6.20. The van der Waals surface area contributed by atoms with Gasteiger partial charge in [-0.3, -0.25) is 0 Å². The van der Waals surface area contributed by atoms with E-state index in [0.29, 0.717) is 6.42 Å². The highest BCUT2D eigenvalue weighted by Crippen LogP contribution is 2.19. The van der Waals surface area contributed by atoms with Crippen LogP contribution in [0.25, 0.3) is 0 Å². The number of aliphatic carboxylic acids is 2. The summed E-state index contributed by atoms with van der Waals surface area (Å²) in [5, 5.41) is 18.1. The maximum atomic E-state index is 11.2. The molecule has 1 aromatic rings. The van der Waals surface area contributed by atoms with E-state index in [2.05, 4.69) is 6.58 Å². The highest BCUT2D eigenvalue weighted by atomic mass is 16.4. The number of carboxylic acid groups (broad SMARTS) is 2. The monoisotopic (exact) mass is 274 g/mol. The Hall–Kier alpha value is -2.36. The van der Waals surface area contributed by atoms with E-state index in [9.17, 15) is 14.7 Å². The van der Waals surface area contributed by atoms with Gasteiger partial charge in [-0.2, -0.15) is 0 Å². The van der Waals surface area contributed by atoms with Crippen LogP contribution in [0.1, 0.15) is 25.0 Å². The Bertz CT molecular complexity index is 582. The van der Waals surface area contributed by atoms with E-state index < -0.39 is 11.9 Å². The standard InChI is InChI=1S/C16H18O4/c1-10(2)8-12-6-4-5-7-13(12)9-14(16(19)20)11(3)15(17)18/h4-7H,1,8-9H2,2-3H3,(H,17,18)(H,19,20)/b14-11+. The van der Waals surface area contributed by atoms with E-state index in [4.69, 9.17) is 5.11 Å². The lowest BCUT2D eigenvalue weighted by Crippen LogP contribution is -2.12. The van der Waals surface area contributed by atoms with Crippen LogP contribution in [0.4, 0.5) is 0 Å². The second-order valence-corrected chi connectivity index (χ2v) is 4.79. The third kappa shape index (κ3) is 4.09. The van der Waals surface area contributed by atoms with E-state index in [1.165, 1.54) is 6.92 Å². The fraction of sp³-hybridized carbons (Fsp3) is 0.250. The smallest absolute Gasteiger partial charge is 0.332 e. The van der Waals surface area contributed by atoms with Gasteiger partial charge < -0.3 is 10.2 Å². The largest absolute Gasteiger partial charge is 0.478 e. The Balaban J connectivity index is 3.19. The molecule has 2 N–H and O–H groups in total. The van der Waals surface area contributed by atoms with Crippen LogP contribution in [0, 0.1) is 0 Å². The Morgan fingerprint density at radius 1 is 1.00 bits per heavy atom. The lowest BCUT2D eigenvalue weighted by Gasteiger charge is -2.11. The van der Waals surface area contributed by atoms with Crippen molar-refractivity contribution in [2.45, 2.75) is 26.7 Å². The van der Waals surface area contributed by atoms with Crippen molar-refractivity contribution >= 4 is 11.9 Å². The summed E-state index contributed by atoms with van der Waals surface area (Å²) in [7, 11) is 0. The van der Waals surface area contributed by atoms with Crippen LogP contribution in [-0.4, -0.2) is 22.2 Å². The van der Waals surface area contributed by atoms with Gasteiger partial charge >= 0.3 is 11.9 Å². The summed E-state index contributed by atoms with van der Waals surface area (Å²) < 4.78 is 0. The lowest BCUT2D eigenvalue weighted by atomic mass is 9.94. The topological polar surface area (TPSA) is 74.6 Å². The Morgan fingerprint density at radius 3 is 1.90 bits per heavy atom. The summed E-state index contributed by atoms with van der Waals surface area (Å²) in [5.41, 5.74) is 2.52. The van der Waals surface area contributed by atoms with Crippen LogP contribution in [0.2, 0.25) is 0 Å². The minimum atomic E-state index is -1.21. The van der Waals surface area contributed by atoms with Gasteiger partial charge in [-0.15, -0.1) is 0 Å². The molecule has 0 saturated heterocycles. The lowest BCUT2D eigenvalue weighted by molar-refractivity contribution is -0.136. The third-order valence-corrected chi connectivity index (χ3v) is 3.01. The quantitative estimate of drug-likeness (QED) is 0.618. The summed E-state index contributed by atoms with van der Waals surface area (Å²) in [6, 6.07) is 7.40. The van der Waals surface area contributed by atoms with Crippen LogP contribution in [0.3, 0.4) is 0 Å². The molecule has 0 aliphatic rings. The molecule has 1 aromatic carbocycles. The molecule has 0 heterocycles. The molecule has 0 radical (unpaired) electrons. The average molecular weight is 274 g/mol. The molecule has 106 valence electrons. The van der Waals surface area contributed by atoms with E-state index in [-0.39, 0.29) is 17.6 Å². The first-order chi connectivity index (χ1) is 9.32. The van der Waals surface area contributed by atoms with Crippen molar-refractivity contribution < 1.29 is 19.8 Å².